The van der Waals surface area contributed by atoms with Crippen molar-refractivity contribution in [3.05, 3.63) is 29.8 Å². The van der Waals surface area contributed by atoms with Gasteiger partial charge in [-0.2, -0.15) is 0 Å². The van der Waals surface area contributed by atoms with Gasteiger partial charge in [-0.25, -0.2) is 0 Å². The molecule has 1 aromatic carbocycles. The summed E-state index contributed by atoms with van der Waals surface area (Å²) in [6.45, 7) is 7.69. The number of rotatable bonds is 0. The van der Waals surface area contributed by atoms with Gasteiger partial charge in [-0.05, 0) is 44.6 Å². The van der Waals surface area contributed by atoms with E-state index in [2.05, 4.69) is 48.2 Å². The van der Waals surface area contributed by atoms with E-state index in [1.165, 1.54) is 38.2 Å². The van der Waals surface area contributed by atoms with Gasteiger partial charge in [-0.15, -0.1) is 0 Å². The van der Waals surface area contributed by atoms with Crippen molar-refractivity contribution in [1.82, 2.24) is 4.90 Å². The monoisotopic (exact) mass is 246 g/mol. The maximum Gasteiger partial charge on any atom is 0.0402 e. The van der Waals surface area contributed by atoms with Crippen LogP contribution in [0.3, 0.4) is 0 Å². The molecule has 0 bridgehead atoms. The second-order valence-corrected chi connectivity index (χ2v) is 5.46. The summed E-state index contributed by atoms with van der Waals surface area (Å²) in [4.78, 5) is 4.88. The van der Waals surface area contributed by atoms with Gasteiger partial charge < -0.3 is 9.80 Å². The van der Waals surface area contributed by atoms with Crippen molar-refractivity contribution >= 4 is 5.69 Å². The van der Waals surface area contributed by atoms with Crippen LogP contribution in [0.2, 0.25) is 0 Å². The Morgan fingerprint density at radius 1 is 1.00 bits per heavy atom. The number of nitrogens with zero attached hydrogens (tertiary/aromatic N) is 2. The van der Waals surface area contributed by atoms with Gasteiger partial charge in [0.05, 0.1) is 0 Å². The van der Waals surface area contributed by atoms with Crippen LogP contribution in [0.15, 0.2) is 24.3 Å². The lowest BCUT2D eigenvalue weighted by atomic mass is 9.74. The second kappa shape index (κ2) is 5.31. The van der Waals surface area contributed by atoms with E-state index < -0.39 is 0 Å². The Hall–Kier alpha value is -1.02. The minimum absolute atomic E-state index is 0.442. The highest BCUT2D eigenvalue weighted by Crippen LogP contribution is 2.45. The van der Waals surface area contributed by atoms with Gasteiger partial charge in [0, 0.05) is 24.7 Å². The van der Waals surface area contributed by atoms with Gasteiger partial charge in [0.1, 0.15) is 0 Å². The maximum atomic E-state index is 2.45. The molecule has 1 saturated heterocycles. The molecule has 0 atom stereocenters. The Bertz CT molecular complexity index is 392. The SMILES string of the molecule is CC.CN1CCC2(CC1)CN(C)c1ccccc12. The second-order valence-electron chi connectivity index (χ2n) is 5.46. The Balaban J connectivity index is 0.000000574. The van der Waals surface area contributed by atoms with Gasteiger partial charge in [0.15, 0.2) is 0 Å². The number of likely N-dealkylation sites (tertiary alicyclic amines) is 1. The number of hydrogen-bond acceptors (Lipinski definition) is 2. The average Bonchev–Trinajstić information content (AvgIpc) is 2.70. The van der Waals surface area contributed by atoms with E-state index in [9.17, 15) is 0 Å². The zero-order valence-corrected chi connectivity index (χ0v) is 12.2. The highest BCUT2D eigenvalue weighted by atomic mass is 15.2. The van der Waals surface area contributed by atoms with E-state index in [1.54, 1.807) is 5.56 Å². The van der Waals surface area contributed by atoms with Crippen LogP contribution in [0.4, 0.5) is 5.69 Å². The normalized spacial score (nSPS) is 21.4. The molecule has 0 unspecified atom stereocenters. The fourth-order valence-corrected chi connectivity index (χ4v) is 3.35. The van der Waals surface area contributed by atoms with E-state index in [-0.39, 0.29) is 0 Å². The van der Waals surface area contributed by atoms with Crippen LogP contribution in [-0.2, 0) is 5.41 Å². The standard InChI is InChI=1S/C14H20N2.C2H6/c1-15-9-7-14(8-10-15)11-16(2)13-6-4-3-5-12(13)14;1-2/h3-6H,7-11H2,1-2H3;1-2H3. The van der Waals surface area contributed by atoms with Crippen molar-refractivity contribution in [2.24, 2.45) is 0 Å². The van der Waals surface area contributed by atoms with Crippen molar-refractivity contribution in [3.63, 3.8) is 0 Å². The number of anilines is 1. The number of piperidine rings is 1. The minimum Gasteiger partial charge on any atom is -0.373 e. The van der Waals surface area contributed by atoms with Gasteiger partial charge in [-0.1, -0.05) is 32.0 Å². The molecule has 0 amide bonds. The number of likely N-dealkylation sites (N-methyl/N-ethyl adjacent to an activating group) is 1. The van der Waals surface area contributed by atoms with Crippen molar-refractivity contribution in [1.29, 1.82) is 0 Å². The molecule has 0 radical (unpaired) electrons. The molecule has 1 aromatic rings. The Morgan fingerprint density at radius 3 is 2.28 bits per heavy atom. The summed E-state index contributed by atoms with van der Waals surface area (Å²) < 4.78 is 0. The molecule has 0 N–H and O–H groups in total. The van der Waals surface area contributed by atoms with Gasteiger partial charge in [-0.3, -0.25) is 0 Å². The molecule has 0 saturated carbocycles. The highest BCUT2D eigenvalue weighted by Gasteiger charge is 2.42. The lowest BCUT2D eigenvalue weighted by molar-refractivity contribution is 0.197. The van der Waals surface area contributed by atoms with E-state index >= 15 is 0 Å². The van der Waals surface area contributed by atoms with Gasteiger partial charge in [0.25, 0.3) is 0 Å². The molecule has 2 aliphatic heterocycles. The maximum absolute atomic E-state index is 2.45. The first-order valence-corrected chi connectivity index (χ1v) is 7.20. The predicted molar refractivity (Wildman–Crippen MR) is 79.5 cm³/mol. The third-order valence-electron chi connectivity index (χ3n) is 4.37. The molecule has 2 aliphatic rings. The third-order valence-corrected chi connectivity index (χ3v) is 4.37. The molecular weight excluding hydrogens is 220 g/mol. The molecule has 0 aliphatic carbocycles. The quantitative estimate of drug-likeness (QED) is 0.694. The molecule has 18 heavy (non-hydrogen) atoms. The Kier molecular flexibility index (Phi) is 3.96. The molecule has 1 fully saturated rings. The van der Waals surface area contributed by atoms with E-state index in [4.69, 9.17) is 0 Å². The van der Waals surface area contributed by atoms with Crippen LogP contribution in [-0.4, -0.2) is 38.6 Å². The number of hydrogen-bond donors (Lipinski definition) is 0. The summed E-state index contributed by atoms with van der Waals surface area (Å²) >= 11 is 0. The minimum atomic E-state index is 0.442. The van der Waals surface area contributed by atoms with E-state index in [0.29, 0.717) is 5.41 Å². The number of fused-ring (bicyclic) bond motifs is 2. The molecule has 2 heteroatoms. The van der Waals surface area contributed by atoms with Gasteiger partial charge in [0.2, 0.25) is 0 Å². The van der Waals surface area contributed by atoms with E-state index in [0.717, 1.165) is 0 Å². The predicted octanol–water partition coefficient (Wildman–Crippen LogP) is 3.13. The van der Waals surface area contributed by atoms with E-state index in [1.807, 2.05) is 13.8 Å². The third kappa shape index (κ3) is 2.14. The van der Waals surface area contributed by atoms with Crippen molar-refractivity contribution in [2.45, 2.75) is 32.1 Å². The Morgan fingerprint density at radius 2 is 1.61 bits per heavy atom. The molecule has 1 spiro atoms. The van der Waals surface area contributed by atoms with Crippen LogP contribution < -0.4 is 4.90 Å². The first-order valence-electron chi connectivity index (χ1n) is 7.20. The molecule has 2 nitrogen and oxygen atoms in total. The smallest absolute Gasteiger partial charge is 0.0402 e. The summed E-state index contributed by atoms with van der Waals surface area (Å²) in [5.74, 6) is 0. The molecule has 100 valence electrons. The summed E-state index contributed by atoms with van der Waals surface area (Å²) in [7, 11) is 4.46. The van der Waals surface area contributed by atoms with Crippen LogP contribution in [0.1, 0.15) is 32.3 Å². The fraction of sp³-hybridized carbons (Fsp3) is 0.625. The molecule has 3 rings (SSSR count). The zero-order valence-electron chi connectivity index (χ0n) is 12.2. The van der Waals surface area contributed by atoms with Crippen LogP contribution in [0.5, 0.6) is 0 Å². The number of para-hydroxylation sites is 1. The first-order chi connectivity index (χ1) is 8.71. The first kappa shape index (κ1) is 13.4. The van der Waals surface area contributed by atoms with Crippen LogP contribution in [0, 0.1) is 0 Å². The van der Waals surface area contributed by atoms with Crippen molar-refractivity contribution < 1.29 is 0 Å². The highest BCUT2D eigenvalue weighted by molar-refractivity contribution is 5.62. The molecule has 2 heterocycles. The summed E-state index contributed by atoms with van der Waals surface area (Å²) in [5, 5.41) is 0. The number of benzene rings is 1. The largest absolute Gasteiger partial charge is 0.373 e. The zero-order chi connectivity index (χ0) is 13.2. The van der Waals surface area contributed by atoms with Crippen LogP contribution in [0.25, 0.3) is 0 Å². The van der Waals surface area contributed by atoms with Crippen molar-refractivity contribution in [3.8, 4) is 0 Å². The average molecular weight is 246 g/mol. The fourth-order valence-electron chi connectivity index (χ4n) is 3.35. The van der Waals surface area contributed by atoms with Crippen molar-refractivity contribution in [2.75, 3.05) is 38.6 Å². The van der Waals surface area contributed by atoms with Gasteiger partial charge >= 0.3 is 0 Å². The lowest BCUT2D eigenvalue weighted by Gasteiger charge is -2.38. The van der Waals surface area contributed by atoms with Crippen LogP contribution >= 0.6 is 0 Å². The Labute approximate surface area is 112 Å². The molecular formula is C16H26N2. The summed E-state index contributed by atoms with van der Waals surface area (Å²) in [6.07, 6.45) is 2.62. The summed E-state index contributed by atoms with van der Waals surface area (Å²) in [6, 6.07) is 8.95. The topological polar surface area (TPSA) is 6.48 Å². The lowest BCUT2D eigenvalue weighted by Crippen LogP contribution is -2.43. The summed E-state index contributed by atoms with van der Waals surface area (Å²) in [5.41, 5.74) is 3.48. The molecule has 0 aromatic heterocycles.